The predicted octanol–water partition coefficient (Wildman–Crippen LogP) is 4.95. The highest BCUT2D eigenvalue weighted by molar-refractivity contribution is 6.11. The van der Waals surface area contributed by atoms with Gasteiger partial charge in [0.05, 0.1) is 13.2 Å². The van der Waals surface area contributed by atoms with Crippen LogP contribution >= 0.6 is 0 Å². The minimum atomic E-state index is -0.935. The standard InChI is InChI=1S/C27H26N2O4/c1-32-23-15-13-22(14-16-23)29-24(21-11-6-3-7-12-21)27(25(29)30)17-8-18-28(27)26(31)33-19-20-9-4-2-5-10-20/h2-7,9-16,24H,8,17-19H2,1H3/t24-,27+/m1/s1. The summed E-state index contributed by atoms with van der Waals surface area (Å²) in [5.74, 6) is 0.653. The molecule has 2 amide bonds. The number of likely N-dealkylation sites (tertiary alicyclic amines) is 1. The van der Waals surface area contributed by atoms with Crippen LogP contribution in [-0.4, -0.2) is 36.1 Å². The molecule has 2 aliphatic rings. The molecule has 2 saturated heterocycles. The lowest BCUT2D eigenvalue weighted by Gasteiger charge is -2.57. The molecule has 0 aromatic heterocycles. The highest BCUT2D eigenvalue weighted by Crippen LogP contribution is 2.54. The molecule has 2 atom stereocenters. The monoisotopic (exact) mass is 442 g/mol. The first-order valence-corrected chi connectivity index (χ1v) is 11.2. The fourth-order valence-electron chi connectivity index (χ4n) is 5.06. The van der Waals surface area contributed by atoms with Crippen LogP contribution in [0.1, 0.15) is 30.0 Å². The Kier molecular flexibility index (Phi) is 5.50. The fraction of sp³-hybridized carbons (Fsp3) is 0.259. The molecule has 0 N–H and O–H groups in total. The molecule has 6 heteroatoms. The molecule has 0 aliphatic carbocycles. The molecule has 3 aromatic rings. The third-order valence-electron chi connectivity index (χ3n) is 6.61. The lowest BCUT2D eigenvalue weighted by atomic mass is 9.72. The van der Waals surface area contributed by atoms with E-state index in [0.29, 0.717) is 13.0 Å². The maximum absolute atomic E-state index is 13.8. The highest BCUT2D eigenvalue weighted by Gasteiger charge is 2.67. The number of anilines is 1. The number of carbonyl (C=O) groups is 2. The first-order valence-electron chi connectivity index (χ1n) is 11.2. The van der Waals surface area contributed by atoms with Crippen molar-refractivity contribution in [3.05, 3.63) is 96.1 Å². The molecule has 0 unspecified atom stereocenters. The van der Waals surface area contributed by atoms with Crippen LogP contribution in [0, 0.1) is 0 Å². The molecule has 3 aromatic carbocycles. The van der Waals surface area contributed by atoms with E-state index in [0.717, 1.165) is 29.0 Å². The summed E-state index contributed by atoms with van der Waals surface area (Å²) in [6.07, 6.45) is 0.921. The van der Waals surface area contributed by atoms with Crippen molar-refractivity contribution in [2.45, 2.75) is 31.0 Å². The van der Waals surface area contributed by atoms with E-state index >= 15 is 0 Å². The summed E-state index contributed by atoms with van der Waals surface area (Å²) in [7, 11) is 1.61. The van der Waals surface area contributed by atoms with E-state index in [1.165, 1.54) is 0 Å². The summed E-state index contributed by atoms with van der Waals surface area (Å²) in [6.45, 7) is 0.678. The van der Waals surface area contributed by atoms with E-state index in [-0.39, 0.29) is 18.6 Å². The summed E-state index contributed by atoms with van der Waals surface area (Å²) < 4.78 is 10.9. The van der Waals surface area contributed by atoms with E-state index in [4.69, 9.17) is 9.47 Å². The first kappa shape index (κ1) is 21.1. The van der Waals surface area contributed by atoms with Crippen LogP contribution in [0.25, 0.3) is 0 Å². The number of amides is 2. The maximum atomic E-state index is 13.8. The molecule has 5 rings (SSSR count). The molecule has 33 heavy (non-hydrogen) atoms. The van der Waals surface area contributed by atoms with E-state index < -0.39 is 11.6 Å². The number of benzene rings is 3. The Morgan fingerprint density at radius 3 is 2.30 bits per heavy atom. The molecule has 0 radical (unpaired) electrons. The molecule has 1 spiro atoms. The van der Waals surface area contributed by atoms with E-state index in [1.807, 2.05) is 84.9 Å². The molecule has 168 valence electrons. The zero-order valence-corrected chi connectivity index (χ0v) is 18.5. The Labute approximate surface area is 193 Å². The second kappa shape index (κ2) is 8.62. The first-order chi connectivity index (χ1) is 16.1. The quantitative estimate of drug-likeness (QED) is 0.525. The van der Waals surface area contributed by atoms with Gasteiger partial charge in [-0.05, 0) is 48.2 Å². The Bertz CT molecular complexity index is 1130. The fourth-order valence-corrected chi connectivity index (χ4v) is 5.06. The van der Waals surface area contributed by atoms with Gasteiger partial charge in [-0.3, -0.25) is 14.6 Å². The summed E-state index contributed by atoms with van der Waals surface area (Å²) in [6, 6.07) is 26.7. The van der Waals surface area contributed by atoms with E-state index in [1.54, 1.807) is 16.9 Å². The largest absolute Gasteiger partial charge is 0.497 e. The van der Waals surface area contributed by atoms with Gasteiger partial charge in [0.15, 0.2) is 5.54 Å². The van der Waals surface area contributed by atoms with Crippen LogP contribution in [0.15, 0.2) is 84.9 Å². The molecular formula is C27H26N2O4. The minimum Gasteiger partial charge on any atom is -0.497 e. The van der Waals surface area contributed by atoms with Gasteiger partial charge < -0.3 is 9.47 Å². The van der Waals surface area contributed by atoms with Crippen molar-refractivity contribution in [2.24, 2.45) is 0 Å². The zero-order valence-electron chi connectivity index (χ0n) is 18.5. The Hall–Kier alpha value is -3.80. The van der Waals surface area contributed by atoms with Crippen molar-refractivity contribution in [1.29, 1.82) is 0 Å². The molecule has 0 bridgehead atoms. The van der Waals surface area contributed by atoms with Crippen LogP contribution in [0.5, 0.6) is 5.75 Å². The van der Waals surface area contributed by atoms with Crippen molar-refractivity contribution in [2.75, 3.05) is 18.6 Å². The Morgan fingerprint density at radius 2 is 1.64 bits per heavy atom. The summed E-state index contributed by atoms with van der Waals surface area (Å²) >= 11 is 0. The topological polar surface area (TPSA) is 59.1 Å². The van der Waals surface area contributed by atoms with Gasteiger partial charge in [0, 0.05) is 12.2 Å². The normalized spacial score (nSPS) is 21.7. The number of rotatable bonds is 5. The number of hydrogen-bond acceptors (Lipinski definition) is 4. The van der Waals surface area contributed by atoms with Gasteiger partial charge >= 0.3 is 6.09 Å². The predicted molar refractivity (Wildman–Crippen MR) is 125 cm³/mol. The smallest absolute Gasteiger partial charge is 0.411 e. The number of carbonyl (C=O) groups excluding carboxylic acids is 2. The molecule has 2 aliphatic heterocycles. The number of β-lactam (4-membered cyclic amide) rings is 1. The van der Waals surface area contributed by atoms with Gasteiger partial charge in [-0.1, -0.05) is 60.7 Å². The van der Waals surface area contributed by atoms with Crippen molar-refractivity contribution in [3.8, 4) is 5.75 Å². The summed E-state index contributed by atoms with van der Waals surface area (Å²) in [5, 5.41) is 0. The number of nitrogens with zero attached hydrogens (tertiary/aromatic N) is 2. The maximum Gasteiger partial charge on any atom is 0.411 e. The van der Waals surface area contributed by atoms with E-state index in [2.05, 4.69) is 0 Å². The van der Waals surface area contributed by atoms with Crippen LogP contribution in [0.3, 0.4) is 0 Å². The van der Waals surface area contributed by atoms with Gasteiger partial charge in [-0.15, -0.1) is 0 Å². The van der Waals surface area contributed by atoms with Gasteiger partial charge in [0.1, 0.15) is 12.4 Å². The molecule has 2 heterocycles. The lowest BCUT2D eigenvalue weighted by molar-refractivity contribution is -0.140. The average Bonchev–Trinajstić information content (AvgIpc) is 3.34. The van der Waals surface area contributed by atoms with Crippen molar-refractivity contribution in [1.82, 2.24) is 4.90 Å². The van der Waals surface area contributed by atoms with Gasteiger partial charge in [-0.25, -0.2) is 4.79 Å². The van der Waals surface area contributed by atoms with Gasteiger partial charge in [-0.2, -0.15) is 0 Å². The second-order valence-electron chi connectivity index (χ2n) is 8.41. The van der Waals surface area contributed by atoms with E-state index in [9.17, 15) is 9.59 Å². The highest BCUT2D eigenvalue weighted by atomic mass is 16.6. The van der Waals surface area contributed by atoms with Gasteiger partial charge in [0.25, 0.3) is 5.91 Å². The van der Waals surface area contributed by atoms with Crippen LogP contribution < -0.4 is 9.64 Å². The van der Waals surface area contributed by atoms with Crippen LogP contribution in [0.4, 0.5) is 10.5 Å². The number of ether oxygens (including phenoxy) is 2. The van der Waals surface area contributed by atoms with Crippen molar-refractivity contribution < 1.29 is 19.1 Å². The number of methoxy groups -OCH3 is 1. The zero-order chi connectivity index (χ0) is 22.8. The van der Waals surface area contributed by atoms with Crippen LogP contribution in [-0.2, 0) is 16.1 Å². The Morgan fingerprint density at radius 1 is 0.970 bits per heavy atom. The number of hydrogen-bond donors (Lipinski definition) is 0. The second-order valence-corrected chi connectivity index (χ2v) is 8.41. The minimum absolute atomic E-state index is 0.0734. The third kappa shape index (κ3) is 3.52. The summed E-state index contributed by atoms with van der Waals surface area (Å²) in [5.41, 5.74) is 1.76. The molecule has 2 fully saturated rings. The SMILES string of the molecule is COc1ccc(N2C(=O)[C@]3(CCCN3C(=O)OCc3ccccc3)[C@H]2c2ccccc2)cc1. The summed E-state index contributed by atoms with van der Waals surface area (Å²) in [4.78, 5) is 30.4. The Balaban J connectivity index is 1.46. The average molecular weight is 443 g/mol. The molecule has 0 saturated carbocycles. The van der Waals surface area contributed by atoms with Crippen molar-refractivity contribution in [3.63, 3.8) is 0 Å². The molecule has 6 nitrogen and oxygen atoms in total. The lowest BCUT2D eigenvalue weighted by Crippen LogP contribution is -2.74. The van der Waals surface area contributed by atoms with Gasteiger partial charge in [0.2, 0.25) is 0 Å². The molecular weight excluding hydrogens is 416 g/mol. The van der Waals surface area contributed by atoms with Crippen LogP contribution in [0.2, 0.25) is 0 Å². The third-order valence-corrected chi connectivity index (χ3v) is 6.61. The van der Waals surface area contributed by atoms with Crippen molar-refractivity contribution >= 4 is 17.7 Å².